The van der Waals surface area contributed by atoms with E-state index < -0.39 is 0 Å². The molecule has 3 rings (SSSR count). The van der Waals surface area contributed by atoms with Crippen LogP contribution in [-0.2, 0) is 6.54 Å². The van der Waals surface area contributed by atoms with Gasteiger partial charge in [0.1, 0.15) is 0 Å². The summed E-state index contributed by atoms with van der Waals surface area (Å²) in [6.45, 7) is 7.45. The zero-order valence-electron chi connectivity index (χ0n) is 12.9. The largest absolute Gasteiger partial charge is 0.355 e. The zero-order valence-corrected chi connectivity index (χ0v) is 12.9. The van der Waals surface area contributed by atoms with E-state index in [1.165, 1.54) is 27.7 Å². The molecule has 2 aromatic carbocycles. The van der Waals surface area contributed by atoms with E-state index in [0.29, 0.717) is 0 Å². The lowest BCUT2D eigenvalue weighted by Crippen LogP contribution is -2.35. The Balaban J connectivity index is 1.88. The molecule has 0 amide bonds. The van der Waals surface area contributed by atoms with Crippen molar-refractivity contribution in [2.45, 2.75) is 32.9 Å². The summed E-state index contributed by atoms with van der Waals surface area (Å²) in [6, 6.07) is 19.3. The minimum Gasteiger partial charge on any atom is -0.355 e. The Hall–Kier alpha value is -2.06. The highest BCUT2D eigenvalue weighted by Gasteiger charge is 2.09. The summed E-state index contributed by atoms with van der Waals surface area (Å²) in [6.07, 6.45) is 0. The van der Waals surface area contributed by atoms with Crippen molar-refractivity contribution in [2.75, 3.05) is 0 Å². The molecule has 21 heavy (non-hydrogen) atoms. The average Bonchev–Trinajstić information content (AvgIpc) is 2.89. The quantitative estimate of drug-likeness (QED) is 0.712. The second-order valence-corrected chi connectivity index (χ2v) is 6.57. The van der Waals surface area contributed by atoms with E-state index in [9.17, 15) is 0 Å². The molecule has 0 aliphatic rings. The topological polar surface area (TPSA) is 27.8 Å². The Kier molecular flexibility index (Phi) is 3.56. The van der Waals surface area contributed by atoms with Crippen molar-refractivity contribution in [3.05, 3.63) is 60.2 Å². The number of benzene rings is 2. The maximum Gasteiger partial charge on any atom is 0.0464 e. The predicted molar refractivity (Wildman–Crippen MR) is 90.3 cm³/mol. The van der Waals surface area contributed by atoms with Gasteiger partial charge in [0.25, 0.3) is 0 Å². The van der Waals surface area contributed by atoms with Crippen molar-refractivity contribution < 1.29 is 0 Å². The van der Waals surface area contributed by atoms with Gasteiger partial charge in [-0.25, -0.2) is 0 Å². The summed E-state index contributed by atoms with van der Waals surface area (Å²) in [4.78, 5) is 3.49. The Morgan fingerprint density at radius 3 is 2.52 bits per heavy atom. The predicted octanol–water partition coefficient (Wildman–Crippen LogP) is 4.72. The molecule has 0 radical (unpaired) electrons. The number of aromatic amines is 1. The first-order valence-corrected chi connectivity index (χ1v) is 7.43. The third kappa shape index (κ3) is 3.34. The zero-order chi connectivity index (χ0) is 14.9. The number of fused-ring (bicyclic) bond motifs is 1. The van der Waals surface area contributed by atoms with Gasteiger partial charge in [-0.2, -0.15) is 0 Å². The third-order valence-electron chi connectivity index (χ3n) is 3.59. The molecule has 108 valence electrons. The van der Waals surface area contributed by atoms with E-state index in [-0.39, 0.29) is 5.54 Å². The summed E-state index contributed by atoms with van der Waals surface area (Å²) in [7, 11) is 0. The first kappa shape index (κ1) is 13.9. The Bertz CT molecular complexity index is 714. The van der Waals surface area contributed by atoms with Crippen molar-refractivity contribution in [3.63, 3.8) is 0 Å². The Labute approximate surface area is 126 Å². The highest BCUT2D eigenvalue weighted by atomic mass is 14.9. The molecular formula is C19H22N2. The van der Waals surface area contributed by atoms with Crippen LogP contribution >= 0.6 is 0 Å². The van der Waals surface area contributed by atoms with Gasteiger partial charge in [-0.05, 0) is 50.1 Å². The van der Waals surface area contributed by atoms with Gasteiger partial charge < -0.3 is 10.3 Å². The van der Waals surface area contributed by atoms with Gasteiger partial charge in [0.05, 0.1) is 0 Å². The van der Waals surface area contributed by atoms with Crippen molar-refractivity contribution in [3.8, 4) is 11.3 Å². The number of aromatic nitrogens is 1. The average molecular weight is 278 g/mol. The van der Waals surface area contributed by atoms with Gasteiger partial charge in [0, 0.05) is 28.7 Å². The molecule has 2 N–H and O–H groups in total. The molecule has 0 saturated heterocycles. The SMILES string of the molecule is CC(C)(C)NCc1cccc(-c2cc3ccccc3[nH]2)c1. The highest BCUT2D eigenvalue weighted by Crippen LogP contribution is 2.24. The Morgan fingerprint density at radius 2 is 1.76 bits per heavy atom. The van der Waals surface area contributed by atoms with Crippen LogP contribution in [0.2, 0.25) is 0 Å². The van der Waals surface area contributed by atoms with E-state index >= 15 is 0 Å². The molecule has 0 saturated carbocycles. The first-order chi connectivity index (χ1) is 10.0. The summed E-state index contributed by atoms with van der Waals surface area (Å²) in [5, 5.41) is 4.79. The van der Waals surface area contributed by atoms with Gasteiger partial charge in [-0.1, -0.05) is 36.4 Å². The lowest BCUT2D eigenvalue weighted by Gasteiger charge is -2.20. The van der Waals surface area contributed by atoms with Crippen LogP contribution in [0.5, 0.6) is 0 Å². The number of rotatable bonds is 3. The van der Waals surface area contributed by atoms with Crippen LogP contribution < -0.4 is 5.32 Å². The van der Waals surface area contributed by atoms with Crippen LogP contribution in [0.4, 0.5) is 0 Å². The van der Waals surface area contributed by atoms with Crippen LogP contribution in [-0.4, -0.2) is 10.5 Å². The smallest absolute Gasteiger partial charge is 0.0464 e. The molecule has 3 aromatic rings. The van der Waals surface area contributed by atoms with Crippen LogP contribution in [0.25, 0.3) is 22.2 Å². The first-order valence-electron chi connectivity index (χ1n) is 7.43. The molecule has 0 fully saturated rings. The molecule has 2 nitrogen and oxygen atoms in total. The molecular weight excluding hydrogens is 256 g/mol. The normalized spacial score (nSPS) is 12.0. The summed E-state index contributed by atoms with van der Waals surface area (Å²) < 4.78 is 0. The molecule has 1 aromatic heterocycles. The number of para-hydroxylation sites is 1. The van der Waals surface area contributed by atoms with Crippen LogP contribution in [0.3, 0.4) is 0 Å². The summed E-state index contributed by atoms with van der Waals surface area (Å²) in [5.41, 5.74) is 5.04. The lowest BCUT2D eigenvalue weighted by molar-refractivity contribution is 0.424. The molecule has 0 bridgehead atoms. The molecule has 0 atom stereocenters. The van der Waals surface area contributed by atoms with Crippen molar-refractivity contribution in [1.82, 2.24) is 10.3 Å². The lowest BCUT2D eigenvalue weighted by atomic mass is 10.1. The minimum absolute atomic E-state index is 0.136. The minimum atomic E-state index is 0.136. The van der Waals surface area contributed by atoms with E-state index in [2.05, 4.69) is 85.7 Å². The van der Waals surface area contributed by atoms with Crippen LogP contribution in [0.15, 0.2) is 54.6 Å². The molecule has 0 spiro atoms. The van der Waals surface area contributed by atoms with Gasteiger partial charge in [0.2, 0.25) is 0 Å². The van der Waals surface area contributed by atoms with Gasteiger partial charge >= 0.3 is 0 Å². The number of H-pyrrole nitrogens is 1. The fourth-order valence-corrected chi connectivity index (χ4v) is 2.44. The third-order valence-corrected chi connectivity index (χ3v) is 3.59. The van der Waals surface area contributed by atoms with Crippen molar-refractivity contribution in [2.24, 2.45) is 0 Å². The molecule has 0 unspecified atom stereocenters. The number of hydrogen-bond donors (Lipinski definition) is 2. The molecule has 1 heterocycles. The van der Waals surface area contributed by atoms with E-state index in [1.807, 2.05) is 0 Å². The number of hydrogen-bond acceptors (Lipinski definition) is 1. The second kappa shape index (κ2) is 5.38. The van der Waals surface area contributed by atoms with Gasteiger partial charge in [0.15, 0.2) is 0 Å². The van der Waals surface area contributed by atoms with Crippen LogP contribution in [0, 0.1) is 0 Å². The Morgan fingerprint density at radius 1 is 0.952 bits per heavy atom. The second-order valence-electron chi connectivity index (χ2n) is 6.57. The van der Waals surface area contributed by atoms with E-state index in [4.69, 9.17) is 0 Å². The number of nitrogens with one attached hydrogen (secondary N) is 2. The maximum absolute atomic E-state index is 3.53. The fraction of sp³-hybridized carbons (Fsp3) is 0.263. The summed E-state index contributed by atoms with van der Waals surface area (Å²) >= 11 is 0. The maximum atomic E-state index is 3.53. The van der Waals surface area contributed by atoms with E-state index in [0.717, 1.165) is 6.54 Å². The molecule has 0 aliphatic heterocycles. The van der Waals surface area contributed by atoms with Gasteiger partial charge in [-0.3, -0.25) is 0 Å². The van der Waals surface area contributed by atoms with E-state index in [1.54, 1.807) is 0 Å². The van der Waals surface area contributed by atoms with Crippen LogP contribution in [0.1, 0.15) is 26.3 Å². The fourth-order valence-electron chi connectivity index (χ4n) is 2.44. The van der Waals surface area contributed by atoms with Gasteiger partial charge in [-0.15, -0.1) is 0 Å². The monoisotopic (exact) mass is 278 g/mol. The standard InChI is InChI=1S/C19H22N2/c1-19(2,3)20-13-14-7-6-9-15(11-14)18-12-16-8-4-5-10-17(16)21-18/h4-12,20-21H,13H2,1-3H3. The highest BCUT2D eigenvalue weighted by molar-refractivity contribution is 5.85. The van der Waals surface area contributed by atoms with Crippen molar-refractivity contribution >= 4 is 10.9 Å². The molecule has 2 heteroatoms. The molecule has 0 aliphatic carbocycles. The summed E-state index contributed by atoms with van der Waals surface area (Å²) in [5.74, 6) is 0. The van der Waals surface area contributed by atoms with Crippen molar-refractivity contribution in [1.29, 1.82) is 0 Å².